The van der Waals surface area contributed by atoms with Crippen molar-refractivity contribution in [1.82, 2.24) is 66.2 Å². The van der Waals surface area contributed by atoms with Crippen LogP contribution in [0.4, 0.5) is 0 Å². The maximum absolute atomic E-state index is 13.9. The molecule has 3 aromatic rings. The van der Waals surface area contributed by atoms with Gasteiger partial charge in [0.1, 0.15) is 22.9 Å². The average Bonchev–Trinajstić information content (AvgIpc) is 3.44. The highest BCUT2D eigenvalue weighted by Crippen LogP contribution is 2.55. The fourth-order valence-corrected chi connectivity index (χ4v) is 9.13. The Balaban J connectivity index is 1.58. The van der Waals surface area contributed by atoms with Crippen LogP contribution in [0.15, 0.2) is 18.6 Å². The molecule has 3 aromatic heterocycles. The van der Waals surface area contributed by atoms with Crippen LogP contribution in [0.3, 0.4) is 0 Å². The molecule has 28 heteroatoms. The number of hydrogen-bond donors (Lipinski definition) is 5. The minimum Gasteiger partial charge on any atom is -0.377 e. The zero-order chi connectivity index (χ0) is 63.5. The molecule has 0 aliphatic heterocycles. The second-order valence-corrected chi connectivity index (χ2v) is 28.9. The third-order valence-electron chi connectivity index (χ3n) is 13.6. The van der Waals surface area contributed by atoms with Gasteiger partial charge in [-0.1, -0.05) is 55.7 Å². The van der Waals surface area contributed by atoms with E-state index >= 15 is 0 Å². The molecule has 4 amide bonds. The lowest BCUT2D eigenvalue weighted by Crippen LogP contribution is -2.50. The topological polar surface area (TPSA) is 310 Å². The van der Waals surface area contributed by atoms with Gasteiger partial charge in [-0.3, -0.25) is 24.0 Å². The summed E-state index contributed by atoms with van der Waals surface area (Å²) in [6, 6.07) is 0.189. The van der Waals surface area contributed by atoms with Gasteiger partial charge in [-0.25, -0.2) is 14.0 Å². The van der Waals surface area contributed by atoms with Crippen LogP contribution in [-0.2, 0) is 99.6 Å². The third kappa shape index (κ3) is 33.0. The zero-order valence-corrected chi connectivity index (χ0v) is 55.2. The van der Waals surface area contributed by atoms with Crippen molar-refractivity contribution < 1.29 is 61.8 Å². The number of nitrogens with zero attached hydrogens (tertiary/aromatic N) is 9. The SMILES string of the molecule is CC(C)n1cc(COCCOCCNC(=O)CCC(CCC(=O)NCCOCCOCc2cn(C(C)(C)C)nn2)(CCC(=O)NCCOCCOCc2cn(C(C)(C)C)nn2)NC(=O)CCCC(=O)CCCCCCCOP(O)(=S)C(C)(C)C)nn1. The molecule has 1 unspecified atom stereocenters. The van der Waals surface area contributed by atoms with E-state index in [-0.39, 0.29) is 151 Å². The van der Waals surface area contributed by atoms with Crippen LogP contribution in [0.1, 0.15) is 196 Å². The summed E-state index contributed by atoms with van der Waals surface area (Å²) >= 11 is 5.31. The predicted molar refractivity (Wildman–Crippen MR) is 328 cm³/mol. The summed E-state index contributed by atoms with van der Waals surface area (Å²) in [5.74, 6) is -1.20. The Kier molecular flexibility index (Phi) is 35.2. The second-order valence-electron chi connectivity index (χ2n) is 24.7. The van der Waals surface area contributed by atoms with Crippen LogP contribution >= 0.6 is 6.49 Å². The van der Waals surface area contributed by atoms with Crippen LogP contribution < -0.4 is 21.3 Å². The molecule has 3 heterocycles. The number of nitrogens with one attached hydrogen (secondary N) is 4. The Hall–Kier alpha value is -4.70. The highest BCUT2D eigenvalue weighted by Gasteiger charge is 2.34. The summed E-state index contributed by atoms with van der Waals surface area (Å²) in [6.45, 7) is 23.4. The molecule has 5 N–H and O–H groups in total. The maximum atomic E-state index is 13.9. The van der Waals surface area contributed by atoms with Crippen LogP contribution in [0.2, 0.25) is 0 Å². The van der Waals surface area contributed by atoms with Crippen LogP contribution in [0.25, 0.3) is 0 Å². The highest BCUT2D eigenvalue weighted by molar-refractivity contribution is 8.10. The summed E-state index contributed by atoms with van der Waals surface area (Å²) in [7, 11) is 0. The Morgan fingerprint density at radius 2 is 0.895 bits per heavy atom. The Morgan fingerprint density at radius 3 is 1.30 bits per heavy atom. The molecule has 86 heavy (non-hydrogen) atoms. The molecule has 26 nitrogen and oxygen atoms in total. The number of amides is 4. The molecule has 0 radical (unpaired) electrons. The summed E-state index contributed by atoms with van der Waals surface area (Å²) in [6.07, 6.45) is 10.9. The van der Waals surface area contributed by atoms with E-state index in [1.807, 2.05) is 94.8 Å². The molecule has 0 aliphatic rings. The Morgan fingerprint density at radius 1 is 0.500 bits per heavy atom. The van der Waals surface area contributed by atoms with E-state index in [2.05, 4.69) is 52.2 Å². The standard InChI is InChI=1S/C58H104N13O13PS/c1-46(2)69-40-47(63-66-69)43-81-37-34-78-31-27-59-51(73)21-24-58(25-22-52(74)60-28-32-79-35-38-82-44-48-41-70(67-64-48)55(3,4)5,26-23-53(75)61-29-33-80-36-39-83-45-49-42-71(68-65-49)56(6,7)8)62-54(76)20-17-19-50(72)18-15-13-12-14-16-30-84-85(77,86)57(9,10)11/h40-42,46H,12-39,43-45H2,1-11H3,(H,59,73)(H,60,74)(H,61,75)(H,62,76)(H,77,86). The molecule has 0 spiro atoms. The first-order valence-electron chi connectivity index (χ1n) is 30.5. The average molecular weight is 1250 g/mol. The number of rotatable bonds is 48. The number of carbonyl (C=O) groups is 5. The molecular formula is C58H104N13O13PS. The first-order chi connectivity index (χ1) is 40.7. The maximum Gasteiger partial charge on any atom is 0.220 e. The number of carbonyl (C=O) groups excluding carboxylic acids is 5. The van der Waals surface area contributed by atoms with Crippen molar-refractivity contribution in [3.63, 3.8) is 0 Å². The lowest BCUT2D eigenvalue weighted by atomic mass is 9.82. The van der Waals surface area contributed by atoms with Gasteiger partial charge >= 0.3 is 0 Å². The van der Waals surface area contributed by atoms with Crippen molar-refractivity contribution in [3.05, 3.63) is 35.7 Å². The fourth-order valence-electron chi connectivity index (χ4n) is 8.15. The first kappa shape index (κ1) is 75.5. The Bertz CT molecular complexity index is 2390. The molecule has 0 aromatic carbocycles. The van der Waals surface area contributed by atoms with Crippen LogP contribution in [-0.4, -0.2) is 176 Å². The molecule has 0 saturated carbocycles. The monoisotopic (exact) mass is 1250 g/mol. The van der Waals surface area contributed by atoms with Gasteiger partial charge in [-0.15, -0.1) is 15.3 Å². The van der Waals surface area contributed by atoms with Crippen molar-refractivity contribution in [1.29, 1.82) is 0 Å². The minimum atomic E-state index is -2.87. The van der Waals surface area contributed by atoms with Gasteiger partial charge in [0.2, 0.25) is 23.6 Å². The van der Waals surface area contributed by atoms with E-state index in [0.29, 0.717) is 82.8 Å². The minimum absolute atomic E-state index is 0.0277. The number of aromatic nitrogens is 9. The fraction of sp³-hybridized carbons (Fsp3) is 0.810. The summed E-state index contributed by atoms with van der Waals surface area (Å²) in [4.78, 5) is 77.7. The predicted octanol–water partition coefficient (Wildman–Crippen LogP) is 6.29. The van der Waals surface area contributed by atoms with E-state index in [9.17, 15) is 28.9 Å². The third-order valence-corrected chi connectivity index (χ3v) is 17.8. The zero-order valence-electron chi connectivity index (χ0n) is 53.5. The lowest BCUT2D eigenvalue weighted by Gasteiger charge is -2.35. The number of unbranched alkanes of at least 4 members (excludes halogenated alkanes) is 4. The van der Waals surface area contributed by atoms with Crippen LogP contribution in [0, 0.1) is 0 Å². The number of hydrogen-bond acceptors (Lipinski definition) is 19. The molecular weight excluding hydrogens is 1150 g/mol. The molecule has 0 aliphatic carbocycles. The normalized spacial score (nSPS) is 13.0. The van der Waals surface area contributed by atoms with Crippen molar-refractivity contribution in [2.45, 2.75) is 220 Å². The van der Waals surface area contributed by atoms with Crippen molar-refractivity contribution >= 4 is 47.7 Å². The van der Waals surface area contributed by atoms with E-state index < -0.39 is 17.2 Å². The van der Waals surface area contributed by atoms with Gasteiger partial charge in [0.25, 0.3) is 0 Å². The molecule has 3 rings (SSSR count). The summed E-state index contributed by atoms with van der Waals surface area (Å²) in [5.41, 5.74) is 0.570. The molecule has 0 bridgehead atoms. The number of Topliss-reactive ketones (excluding diaryl/α,β-unsaturated/α-hetero) is 1. The number of ketones is 1. The Labute approximate surface area is 515 Å². The smallest absolute Gasteiger partial charge is 0.220 e. The van der Waals surface area contributed by atoms with Gasteiger partial charge in [0.05, 0.1) is 116 Å². The highest BCUT2D eigenvalue weighted by atomic mass is 32.5. The van der Waals surface area contributed by atoms with Crippen LogP contribution in [0.5, 0.6) is 0 Å². The van der Waals surface area contributed by atoms with Crippen molar-refractivity contribution in [2.75, 3.05) is 85.7 Å². The summed E-state index contributed by atoms with van der Waals surface area (Å²) in [5, 5.41) is 36.1. The number of ether oxygens (including phenoxy) is 6. The summed E-state index contributed by atoms with van der Waals surface area (Å²) < 4.78 is 45.1. The second kappa shape index (κ2) is 40.0. The largest absolute Gasteiger partial charge is 0.377 e. The van der Waals surface area contributed by atoms with Crippen molar-refractivity contribution in [3.8, 4) is 0 Å². The quantitative estimate of drug-likeness (QED) is 0.0306. The molecule has 1 atom stereocenters. The molecule has 0 fully saturated rings. The van der Waals surface area contributed by atoms with Crippen molar-refractivity contribution in [2.24, 2.45) is 0 Å². The van der Waals surface area contributed by atoms with Gasteiger partial charge < -0.3 is 59.1 Å². The molecule has 490 valence electrons. The van der Waals surface area contributed by atoms with Gasteiger partial charge in [0, 0.05) is 74.9 Å². The lowest BCUT2D eigenvalue weighted by molar-refractivity contribution is -0.127. The van der Waals surface area contributed by atoms with Gasteiger partial charge in [0.15, 0.2) is 6.49 Å². The van der Waals surface area contributed by atoms with E-state index in [1.165, 1.54) is 0 Å². The van der Waals surface area contributed by atoms with Gasteiger partial charge in [-0.05, 0) is 106 Å². The van der Waals surface area contributed by atoms with E-state index in [1.54, 1.807) is 14.0 Å². The van der Waals surface area contributed by atoms with E-state index in [0.717, 1.165) is 32.1 Å². The first-order valence-corrected chi connectivity index (χ1v) is 33.2. The molecule has 0 saturated heterocycles. The van der Waals surface area contributed by atoms with E-state index in [4.69, 9.17) is 44.8 Å². The van der Waals surface area contributed by atoms with Gasteiger partial charge in [-0.2, -0.15) is 0 Å².